The van der Waals surface area contributed by atoms with Gasteiger partial charge in [-0.05, 0) is 55.5 Å². The summed E-state index contributed by atoms with van der Waals surface area (Å²) in [4.78, 5) is 27.7. The maximum atomic E-state index is 14.6. The van der Waals surface area contributed by atoms with E-state index < -0.39 is 29.0 Å². The molecule has 0 saturated carbocycles. The summed E-state index contributed by atoms with van der Waals surface area (Å²) >= 11 is 5.82. The molecule has 0 aliphatic rings. The standard InChI is InChI=1S/C24H22ClF2N3O5/c1-24(33,22-17(27)6-7-18(30-22)13-3-5-16(26)15(25)9-13)12-29-23(32)14-4-8-19(20(10-14)34-2)35-11-21(28)31/h3-10,33H,11-12H2,1-2H3,(H2,28,31)(H,29,32). The van der Waals surface area contributed by atoms with Crippen molar-refractivity contribution >= 4 is 23.4 Å². The molecule has 3 aromatic rings. The van der Waals surface area contributed by atoms with Crippen LogP contribution in [0.25, 0.3) is 11.3 Å². The van der Waals surface area contributed by atoms with Crippen molar-refractivity contribution in [1.82, 2.24) is 10.3 Å². The number of hydrogen-bond donors (Lipinski definition) is 3. The molecule has 8 nitrogen and oxygen atoms in total. The molecule has 1 unspecified atom stereocenters. The summed E-state index contributed by atoms with van der Waals surface area (Å²) in [7, 11) is 1.36. The lowest BCUT2D eigenvalue weighted by molar-refractivity contribution is -0.119. The Balaban J connectivity index is 1.77. The van der Waals surface area contributed by atoms with Crippen LogP contribution in [0.3, 0.4) is 0 Å². The summed E-state index contributed by atoms with van der Waals surface area (Å²) in [6, 6.07) is 10.6. The zero-order valence-corrected chi connectivity index (χ0v) is 19.5. The Morgan fingerprint density at radius 2 is 1.83 bits per heavy atom. The highest BCUT2D eigenvalue weighted by Crippen LogP contribution is 2.29. The molecule has 0 fully saturated rings. The number of pyridine rings is 1. The highest BCUT2D eigenvalue weighted by atomic mass is 35.5. The normalized spacial score (nSPS) is 12.5. The van der Waals surface area contributed by atoms with E-state index >= 15 is 0 Å². The van der Waals surface area contributed by atoms with Gasteiger partial charge in [0.25, 0.3) is 11.8 Å². The van der Waals surface area contributed by atoms with E-state index in [4.69, 9.17) is 26.8 Å². The predicted molar refractivity (Wildman–Crippen MR) is 124 cm³/mol. The number of hydrogen-bond acceptors (Lipinski definition) is 6. The number of methoxy groups -OCH3 is 1. The highest BCUT2D eigenvalue weighted by molar-refractivity contribution is 6.31. The number of carbonyl (C=O) groups is 2. The van der Waals surface area contributed by atoms with Crippen molar-refractivity contribution in [2.24, 2.45) is 5.73 Å². The summed E-state index contributed by atoms with van der Waals surface area (Å²) in [6.45, 7) is 0.541. The van der Waals surface area contributed by atoms with Gasteiger partial charge in [0.1, 0.15) is 22.9 Å². The average Bonchev–Trinajstić information content (AvgIpc) is 2.83. The molecule has 1 heterocycles. The second-order valence-corrected chi connectivity index (χ2v) is 8.14. The third kappa shape index (κ3) is 6.23. The van der Waals surface area contributed by atoms with Crippen LogP contribution in [0, 0.1) is 11.6 Å². The molecule has 0 radical (unpaired) electrons. The van der Waals surface area contributed by atoms with Crippen molar-refractivity contribution in [1.29, 1.82) is 0 Å². The van der Waals surface area contributed by atoms with Crippen LogP contribution in [0.4, 0.5) is 8.78 Å². The number of primary amides is 1. The van der Waals surface area contributed by atoms with E-state index in [9.17, 15) is 23.5 Å². The van der Waals surface area contributed by atoms with Crippen LogP contribution in [-0.2, 0) is 10.4 Å². The molecule has 0 spiro atoms. The van der Waals surface area contributed by atoms with Crippen molar-refractivity contribution in [3.05, 3.63) is 76.4 Å². The minimum absolute atomic E-state index is 0.129. The number of aromatic nitrogens is 1. The van der Waals surface area contributed by atoms with Gasteiger partial charge in [0.2, 0.25) is 0 Å². The molecular weight excluding hydrogens is 484 g/mol. The first-order chi connectivity index (χ1) is 16.5. The molecule has 35 heavy (non-hydrogen) atoms. The number of nitrogens with two attached hydrogens (primary N) is 1. The first-order valence-electron chi connectivity index (χ1n) is 10.2. The zero-order valence-electron chi connectivity index (χ0n) is 18.8. The molecule has 4 N–H and O–H groups in total. The SMILES string of the molecule is COc1cc(C(=O)NCC(C)(O)c2nc(-c3ccc(F)c(Cl)c3)ccc2F)ccc1OCC(N)=O. The van der Waals surface area contributed by atoms with Crippen LogP contribution < -0.4 is 20.5 Å². The Bertz CT molecular complexity index is 1270. The number of aliphatic hydroxyl groups is 1. The third-order valence-corrected chi connectivity index (χ3v) is 5.25. The van der Waals surface area contributed by atoms with Gasteiger partial charge in [-0.1, -0.05) is 11.6 Å². The van der Waals surface area contributed by atoms with Crippen LogP contribution >= 0.6 is 11.6 Å². The number of benzene rings is 2. The van der Waals surface area contributed by atoms with Gasteiger partial charge < -0.3 is 25.6 Å². The van der Waals surface area contributed by atoms with E-state index in [1.807, 2.05) is 0 Å². The first-order valence-corrected chi connectivity index (χ1v) is 10.6. The molecular formula is C24H22ClF2N3O5. The maximum absolute atomic E-state index is 14.6. The van der Waals surface area contributed by atoms with Crippen LogP contribution in [0.2, 0.25) is 5.02 Å². The van der Waals surface area contributed by atoms with Crippen LogP contribution in [0.1, 0.15) is 23.0 Å². The summed E-state index contributed by atoms with van der Waals surface area (Å²) in [5, 5.41) is 13.3. The quantitative estimate of drug-likeness (QED) is 0.410. The summed E-state index contributed by atoms with van der Waals surface area (Å²) in [6.07, 6.45) is 0. The minimum Gasteiger partial charge on any atom is -0.493 e. The van der Waals surface area contributed by atoms with Crippen LogP contribution in [-0.4, -0.2) is 42.2 Å². The summed E-state index contributed by atoms with van der Waals surface area (Å²) in [5.41, 5.74) is 3.68. The molecule has 1 aromatic heterocycles. The van der Waals surface area contributed by atoms with Gasteiger partial charge in [-0.2, -0.15) is 0 Å². The van der Waals surface area contributed by atoms with Gasteiger partial charge in [-0.25, -0.2) is 13.8 Å². The summed E-state index contributed by atoms with van der Waals surface area (Å²) < 4.78 is 38.4. The number of rotatable bonds is 9. The Morgan fingerprint density at radius 1 is 1.11 bits per heavy atom. The van der Waals surface area contributed by atoms with Crippen molar-refractivity contribution in [2.45, 2.75) is 12.5 Å². The van der Waals surface area contributed by atoms with Gasteiger partial charge in [0.05, 0.1) is 24.4 Å². The van der Waals surface area contributed by atoms with E-state index in [0.717, 1.165) is 12.1 Å². The number of nitrogens with one attached hydrogen (secondary N) is 1. The molecule has 0 aliphatic carbocycles. The molecule has 2 aromatic carbocycles. The molecule has 2 amide bonds. The van der Waals surface area contributed by atoms with Gasteiger partial charge >= 0.3 is 0 Å². The number of ether oxygens (including phenoxy) is 2. The van der Waals surface area contributed by atoms with E-state index in [1.165, 1.54) is 50.4 Å². The second kappa shape index (κ2) is 10.7. The Morgan fingerprint density at radius 3 is 2.49 bits per heavy atom. The lowest BCUT2D eigenvalue weighted by atomic mass is 9.99. The third-order valence-electron chi connectivity index (χ3n) is 4.96. The van der Waals surface area contributed by atoms with Gasteiger partial charge in [-0.15, -0.1) is 0 Å². The number of amides is 2. The van der Waals surface area contributed by atoms with Crippen molar-refractivity contribution in [3.63, 3.8) is 0 Å². The van der Waals surface area contributed by atoms with Crippen molar-refractivity contribution in [2.75, 3.05) is 20.3 Å². The number of halogens is 3. The fraction of sp³-hybridized carbons (Fsp3) is 0.208. The lowest BCUT2D eigenvalue weighted by Crippen LogP contribution is -2.40. The Hall–Kier alpha value is -3.76. The topological polar surface area (TPSA) is 124 Å². The Kier molecular flexibility index (Phi) is 7.88. The fourth-order valence-corrected chi connectivity index (χ4v) is 3.33. The van der Waals surface area contributed by atoms with E-state index in [1.54, 1.807) is 0 Å². The largest absolute Gasteiger partial charge is 0.493 e. The number of carbonyl (C=O) groups excluding carboxylic acids is 2. The average molecular weight is 506 g/mol. The predicted octanol–water partition coefficient (Wildman–Crippen LogP) is 3.19. The van der Waals surface area contributed by atoms with Crippen LogP contribution in [0.15, 0.2) is 48.5 Å². The van der Waals surface area contributed by atoms with Crippen molar-refractivity contribution < 1.29 is 33.0 Å². The number of nitrogens with zero attached hydrogens (tertiary/aromatic N) is 1. The fourth-order valence-electron chi connectivity index (χ4n) is 3.15. The molecule has 184 valence electrons. The zero-order chi connectivity index (χ0) is 25.8. The van der Waals surface area contributed by atoms with E-state index in [2.05, 4.69) is 10.3 Å². The molecule has 11 heteroatoms. The molecule has 3 rings (SSSR count). The molecule has 1 atom stereocenters. The Labute approximate surface area is 204 Å². The van der Waals surface area contributed by atoms with Crippen molar-refractivity contribution in [3.8, 4) is 22.8 Å². The molecule has 0 bridgehead atoms. The molecule has 0 saturated heterocycles. The van der Waals surface area contributed by atoms with E-state index in [0.29, 0.717) is 5.56 Å². The van der Waals surface area contributed by atoms with Gasteiger partial charge in [0, 0.05) is 11.1 Å². The first kappa shape index (κ1) is 25.9. The van der Waals surface area contributed by atoms with Crippen LogP contribution in [0.5, 0.6) is 11.5 Å². The highest BCUT2D eigenvalue weighted by Gasteiger charge is 2.30. The summed E-state index contributed by atoms with van der Waals surface area (Å²) in [5.74, 6) is -2.28. The maximum Gasteiger partial charge on any atom is 0.255 e. The smallest absolute Gasteiger partial charge is 0.255 e. The van der Waals surface area contributed by atoms with Gasteiger partial charge in [-0.3, -0.25) is 9.59 Å². The molecule has 0 aliphatic heterocycles. The second-order valence-electron chi connectivity index (χ2n) is 7.73. The van der Waals surface area contributed by atoms with E-state index in [-0.39, 0.29) is 46.6 Å². The monoisotopic (exact) mass is 505 g/mol. The van der Waals surface area contributed by atoms with Gasteiger partial charge in [0.15, 0.2) is 18.1 Å². The minimum atomic E-state index is -1.89. The lowest BCUT2D eigenvalue weighted by Gasteiger charge is -2.24.